The monoisotopic (exact) mass is 444 g/mol. The van der Waals surface area contributed by atoms with Gasteiger partial charge in [-0.15, -0.1) is 16.4 Å². The van der Waals surface area contributed by atoms with E-state index in [0.717, 1.165) is 36.1 Å². The van der Waals surface area contributed by atoms with Crippen LogP contribution < -0.4 is 10.5 Å². The van der Waals surface area contributed by atoms with Crippen molar-refractivity contribution in [2.75, 3.05) is 4.90 Å². The number of aromatic nitrogens is 3. The second-order valence-corrected chi connectivity index (χ2v) is 9.47. The summed E-state index contributed by atoms with van der Waals surface area (Å²) in [5.41, 5.74) is 2.68. The summed E-state index contributed by atoms with van der Waals surface area (Å²) < 4.78 is 1.22. The Labute approximate surface area is 190 Å². The predicted octanol–water partition coefficient (Wildman–Crippen LogP) is 4.21. The quantitative estimate of drug-likeness (QED) is 0.462. The van der Waals surface area contributed by atoms with Gasteiger partial charge in [0.15, 0.2) is 4.83 Å². The number of carbonyl (C=O) groups excluding carboxylic acids is 1. The van der Waals surface area contributed by atoms with Gasteiger partial charge in [-0.3, -0.25) is 9.59 Å². The molecular formula is C25H24N4O2S. The van der Waals surface area contributed by atoms with Crippen molar-refractivity contribution in [1.29, 1.82) is 0 Å². The average Bonchev–Trinajstić information content (AvgIpc) is 3.18. The summed E-state index contributed by atoms with van der Waals surface area (Å²) in [6, 6.07) is 19.3. The van der Waals surface area contributed by atoms with Gasteiger partial charge in [-0.1, -0.05) is 60.7 Å². The van der Waals surface area contributed by atoms with Crippen LogP contribution in [0.1, 0.15) is 29.3 Å². The molecule has 6 nitrogen and oxygen atoms in total. The van der Waals surface area contributed by atoms with Crippen molar-refractivity contribution in [3.05, 3.63) is 87.0 Å². The van der Waals surface area contributed by atoms with E-state index in [4.69, 9.17) is 0 Å². The van der Waals surface area contributed by atoms with Crippen molar-refractivity contribution >= 4 is 33.1 Å². The Bertz CT molecular complexity index is 1310. The fraction of sp³-hybridized carbons (Fsp3) is 0.280. The number of carbonyl (C=O) groups is 1. The first-order valence-corrected chi connectivity index (χ1v) is 11.7. The highest BCUT2D eigenvalue weighted by atomic mass is 32.1. The molecule has 162 valence electrons. The number of para-hydroxylation sites is 1. The molecule has 4 aromatic rings. The van der Waals surface area contributed by atoms with E-state index in [1.165, 1.54) is 9.56 Å². The molecule has 0 radical (unpaired) electrons. The predicted molar refractivity (Wildman–Crippen MR) is 127 cm³/mol. The molecule has 32 heavy (non-hydrogen) atoms. The van der Waals surface area contributed by atoms with E-state index in [9.17, 15) is 9.59 Å². The zero-order valence-electron chi connectivity index (χ0n) is 17.9. The molecule has 7 heteroatoms. The smallest absolute Gasteiger partial charge is 0.279 e. The van der Waals surface area contributed by atoms with E-state index in [0.29, 0.717) is 22.7 Å². The molecule has 0 fully saturated rings. The van der Waals surface area contributed by atoms with Gasteiger partial charge < -0.3 is 4.90 Å². The van der Waals surface area contributed by atoms with Gasteiger partial charge in [0.2, 0.25) is 5.91 Å². The molecular weight excluding hydrogens is 420 g/mol. The van der Waals surface area contributed by atoms with Crippen molar-refractivity contribution in [3.8, 4) is 0 Å². The number of amides is 1. The van der Waals surface area contributed by atoms with Gasteiger partial charge in [0.25, 0.3) is 5.56 Å². The Morgan fingerprint density at radius 2 is 1.84 bits per heavy atom. The zero-order valence-corrected chi connectivity index (χ0v) is 18.7. The van der Waals surface area contributed by atoms with Crippen molar-refractivity contribution in [2.45, 2.75) is 39.3 Å². The first kappa shape index (κ1) is 20.6. The minimum absolute atomic E-state index is 0.148. The Morgan fingerprint density at radius 3 is 2.59 bits per heavy atom. The highest BCUT2D eigenvalue weighted by Gasteiger charge is 2.25. The fourth-order valence-electron chi connectivity index (χ4n) is 4.31. The van der Waals surface area contributed by atoms with Crippen LogP contribution in [-0.4, -0.2) is 20.9 Å². The number of hydrogen-bond donors (Lipinski definition) is 0. The van der Waals surface area contributed by atoms with Gasteiger partial charge in [-0.05, 0) is 48.4 Å². The summed E-state index contributed by atoms with van der Waals surface area (Å²) >= 11 is 1.57. The normalized spacial score (nSPS) is 15.5. The molecule has 2 heterocycles. The first-order chi connectivity index (χ1) is 15.6. The molecule has 0 bridgehead atoms. The van der Waals surface area contributed by atoms with E-state index < -0.39 is 0 Å². The highest BCUT2D eigenvalue weighted by molar-refractivity contribution is 7.18. The van der Waals surface area contributed by atoms with Crippen LogP contribution >= 0.6 is 11.3 Å². The number of nitrogens with zero attached hydrogens (tertiary/aromatic N) is 4. The van der Waals surface area contributed by atoms with Crippen molar-refractivity contribution < 1.29 is 4.79 Å². The Hall–Kier alpha value is -3.32. The molecule has 0 N–H and O–H groups in total. The lowest BCUT2D eigenvalue weighted by Gasteiger charge is -2.23. The van der Waals surface area contributed by atoms with Crippen LogP contribution in [0, 0.1) is 5.92 Å². The van der Waals surface area contributed by atoms with Crippen LogP contribution in [0.4, 0.5) is 5.69 Å². The number of benzene rings is 2. The molecule has 0 aliphatic heterocycles. The summed E-state index contributed by atoms with van der Waals surface area (Å²) in [5.74, 6) is 0.415. The molecule has 2 aromatic heterocycles. The van der Waals surface area contributed by atoms with Crippen LogP contribution in [0.3, 0.4) is 0 Å². The topological polar surface area (TPSA) is 68.1 Å². The molecule has 1 aliphatic carbocycles. The molecule has 0 spiro atoms. The third kappa shape index (κ3) is 3.96. The fourth-order valence-corrected chi connectivity index (χ4v) is 5.62. The van der Waals surface area contributed by atoms with Crippen molar-refractivity contribution in [1.82, 2.24) is 15.0 Å². The Balaban J connectivity index is 1.48. The maximum Gasteiger partial charge on any atom is 0.279 e. The van der Waals surface area contributed by atoms with Crippen LogP contribution in [0.5, 0.6) is 0 Å². The number of rotatable bonds is 5. The second-order valence-electron chi connectivity index (χ2n) is 8.39. The van der Waals surface area contributed by atoms with E-state index in [-0.39, 0.29) is 18.0 Å². The van der Waals surface area contributed by atoms with E-state index in [1.807, 2.05) is 60.7 Å². The Kier molecular flexibility index (Phi) is 5.57. The lowest BCUT2D eigenvalue weighted by atomic mass is 9.89. The van der Waals surface area contributed by atoms with E-state index in [1.54, 1.807) is 16.2 Å². The molecule has 1 amide bonds. The van der Waals surface area contributed by atoms with Crippen molar-refractivity contribution in [3.63, 3.8) is 0 Å². The third-order valence-corrected chi connectivity index (χ3v) is 7.16. The Morgan fingerprint density at radius 1 is 1.12 bits per heavy atom. The molecule has 5 rings (SSSR count). The van der Waals surface area contributed by atoms with Crippen LogP contribution in [0.25, 0.3) is 10.2 Å². The van der Waals surface area contributed by atoms with Gasteiger partial charge in [0.05, 0.1) is 11.9 Å². The SMILES string of the molecule is CC1CCc2c(sc3nnn(CC(=O)N(Cc4ccccc4)c4ccccc4)c(=O)c23)C1. The number of aryl methyl sites for hydroxylation is 1. The maximum absolute atomic E-state index is 13.4. The number of fused-ring (bicyclic) bond motifs is 3. The third-order valence-electron chi connectivity index (χ3n) is 6.02. The molecule has 1 unspecified atom stereocenters. The van der Waals surface area contributed by atoms with Gasteiger partial charge in [0.1, 0.15) is 6.54 Å². The lowest BCUT2D eigenvalue weighted by Crippen LogP contribution is -2.37. The van der Waals surface area contributed by atoms with Crippen LogP contribution in [0.2, 0.25) is 0 Å². The van der Waals surface area contributed by atoms with Gasteiger partial charge >= 0.3 is 0 Å². The van der Waals surface area contributed by atoms with Crippen LogP contribution in [-0.2, 0) is 30.7 Å². The summed E-state index contributed by atoms with van der Waals surface area (Å²) in [4.78, 5) is 30.3. The lowest BCUT2D eigenvalue weighted by molar-refractivity contribution is -0.119. The zero-order chi connectivity index (χ0) is 22.1. The maximum atomic E-state index is 13.4. The summed E-state index contributed by atoms with van der Waals surface area (Å²) in [5, 5.41) is 9.06. The molecule has 1 atom stereocenters. The summed E-state index contributed by atoms with van der Waals surface area (Å²) in [6.45, 7) is 2.51. The standard InChI is InChI=1S/C25H24N4O2S/c1-17-12-13-20-21(14-17)32-24-23(20)25(31)29(27-26-24)16-22(30)28(19-10-6-3-7-11-19)15-18-8-4-2-5-9-18/h2-11,17H,12-16H2,1H3. The van der Waals surface area contributed by atoms with Gasteiger partial charge in [0, 0.05) is 10.6 Å². The van der Waals surface area contributed by atoms with Gasteiger partial charge in [-0.2, -0.15) is 0 Å². The molecule has 1 aliphatic rings. The molecule has 2 aromatic carbocycles. The largest absolute Gasteiger partial charge is 0.306 e. The summed E-state index contributed by atoms with van der Waals surface area (Å²) in [6.07, 6.45) is 2.93. The number of hydrogen-bond acceptors (Lipinski definition) is 5. The average molecular weight is 445 g/mol. The molecule has 0 saturated carbocycles. The minimum Gasteiger partial charge on any atom is -0.306 e. The number of anilines is 1. The number of thiophene rings is 1. The first-order valence-electron chi connectivity index (χ1n) is 10.9. The van der Waals surface area contributed by atoms with E-state index in [2.05, 4.69) is 17.2 Å². The van der Waals surface area contributed by atoms with Crippen molar-refractivity contribution in [2.24, 2.45) is 5.92 Å². The molecule has 0 saturated heterocycles. The van der Waals surface area contributed by atoms with Crippen LogP contribution in [0.15, 0.2) is 65.5 Å². The highest BCUT2D eigenvalue weighted by Crippen LogP contribution is 2.35. The summed E-state index contributed by atoms with van der Waals surface area (Å²) in [7, 11) is 0. The van der Waals surface area contributed by atoms with Gasteiger partial charge in [-0.25, -0.2) is 4.68 Å². The second kappa shape index (κ2) is 8.67. The van der Waals surface area contributed by atoms with E-state index >= 15 is 0 Å². The minimum atomic E-state index is -0.219.